The molecule has 2 fully saturated rings. The van der Waals surface area contributed by atoms with Crippen LogP contribution in [0.25, 0.3) is 11.1 Å². The van der Waals surface area contributed by atoms with E-state index in [9.17, 15) is 9.59 Å². The third-order valence-corrected chi connectivity index (χ3v) is 7.76. The van der Waals surface area contributed by atoms with Crippen LogP contribution in [0.3, 0.4) is 0 Å². The Morgan fingerprint density at radius 1 is 1.03 bits per heavy atom. The number of hydrogen-bond acceptors (Lipinski definition) is 4. The van der Waals surface area contributed by atoms with Crippen LogP contribution < -0.4 is 5.32 Å². The van der Waals surface area contributed by atoms with Gasteiger partial charge in [-0.2, -0.15) is 0 Å². The van der Waals surface area contributed by atoms with E-state index in [1.807, 2.05) is 50.2 Å². The quantitative estimate of drug-likeness (QED) is 0.583. The Kier molecular flexibility index (Phi) is 7.21. The fraction of sp³-hybridized carbons (Fsp3) is 0.517. The molecule has 0 aromatic heterocycles. The molecule has 1 aliphatic carbocycles. The van der Waals surface area contributed by atoms with E-state index in [0.717, 1.165) is 60.8 Å². The number of carbonyl (C=O) groups is 2. The first kappa shape index (κ1) is 24.0. The van der Waals surface area contributed by atoms with E-state index in [2.05, 4.69) is 21.2 Å². The topological polar surface area (TPSA) is 61.9 Å². The smallest absolute Gasteiger partial charge is 0.254 e. The molecule has 0 spiro atoms. The molecule has 186 valence electrons. The molecule has 2 aromatic carbocycles. The number of nitrogens with one attached hydrogen (secondary N) is 1. The SMILES string of the molecule is CC(C)OCCNC(=O)c1ccc(-c2ccc3c(c2)CCN(C2CCN(C4CCC4)C2)C3=O)cc1. The lowest BCUT2D eigenvalue weighted by Gasteiger charge is -2.37. The lowest BCUT2D eigenvalue weighted by molar-refractivity contribution is 0.0646. The van der Waals surface area contributed by atoms with Crippen LogP contribution in [0.5, 0.6) is 0 Å². The molecule has 0 radical (unpaired) electrons. The molecule has 6 nitrogen and oxygen atoms in total. The van der Waals surface area contributed by atoms with Gasteiger partial charge in [-0.05, 0) is 74.4 Å². The number of hydrogen-bond donors (Lipinski definition) is 1. The van der Waals surface area contributed by atoms with Crippen molar-refractivity contribution in [1.82, 2.24) is 15.1 Å². The Labute approximate surface area is 208 Å². The standard InChI is InChI=1S/C29H37N3O3/c1-20(2)35-17-14-30-28(33)22-8-6-21(7-9-22)23-10-11-27-24(18-23)12-16-32(29(27)34)26-13-15-31(19-26)25-4-3-5-25/h6-11,18,20,25-26H,3-5,12-17,19H2,1-2H3,(H,30,33). The normalized spacial score (nSPS) is 20.7. The first-order valence-electron chi connectivity index (χ1n) is 13.2. The van der Waals surface area contributed by atoms with Gasteiger partial charge in [0.1, 0.15) is 0 Å². The third kappa shape index (κ3) is 5.29. The van der Waals surface area contributed by atoms with Crippen LogP contribution in [0, 0.1) is 0 Å². The monoisotopic (exact) mass is 475 g/mol. The number of fused-ring (bicyclic) bond motifs is 1. The summed E-state index contributed by atoms with van der Waals surface area (Å²) in [6.07, 6.45) is 6.16. The Morgan fingerprint density at radius 3 is 2.51 bits per heavy atom. The molecule has 1 N–H and O–H groups in total. The number of ether oxygens (including phenoxy) is 1. The van der Waals surface area contributed by atoms with Gasteiger partial charge in [0.25, 0.3) is 11.8 Å². The number of rotatable bonds is 8. The van der Waals surface area contributed by atoms with Gasteiger partial charge in [0.2, 0.25) is 0 Å². The second-order valence-electron chi connectivity index (χ2n) is 10.4. The zero-order chi connectivity index (χ0) is 24.4. The van der Waals surface area contributed by atoms with Crippen LogP contribution in [0.4, 0.5) is 0 Å². The van der Waals surface area contributed by atoms with E-state index >= 15 is 0 Å². The first-order chi connectivity index (χ1) is 17.0. The molecule has 2 heterocycles. The highest BCUT2D eigenvalue weighted by Gasteiger charge is 2.37. The molecule has 3 aliphatic rings. The van der Waals surface area contributed by atoms with E-state index in [1.54, 1.807) is 0 Å². The summed E-state index contributed by atoms with van der Waals surface area (Å²) in [5, 5.41) is 2.89. The molecule has 6 heteroatoms. The lowest BCUT2D eigenvalue weighted by Crippen LogP contribution is -2.47. The fourth-order valence-corrected chi connectivity index (χ4v) is 5.52. The Morgan fingerprint density at radius 2 is 1.80 bits per heavy atom. The van der Waals surface area contributed by atoms with Gasteiger partial charge < -0.3 is 15.0 Å². The van der Waals surface area contributed by atoms with Gasteiger partial charge in [0.15, 0.2) is 0 Å². The highest BCUT2D eigenvalue weighted by Crippen LogP contribution is 2.32. The molecule has 2 aromatic rings. The van der Waals surface area contributed by atoms with Crippen molar-refractivity contribution in [2.45, 2.75) is 64.1 Å². The predicted molar refractivity (Wildman–Crippen MR) is 138 cm³/mol. The number of likely N-dealkylation sites (tertiary alicyclic amines) is 1. The van der Waals surface area contributed by atoms with Crippen molar-refractivity contribution in [3.05, 3.63) is 59.2 Å². The van der Waals surface area contributed by atoms with Crippen LogP contribution in [-0.4, -0.2) is 72.6 Å². The molecule has 1 saturated heterocycles. The molecule has 1 unspecified atom stereocenters. The van der Waals surface area contributed by atoms with E-state index < -0.39 is 0 Å². The molecule has 1 saturated carbocycles. The van der Waals surface area contributed by atoms with E-state index in [4.69, 9.17) is 4.74 Å². The van der Waals surface area contributed by atoms with Crippen molar-refractivity contribution in [3.63, 3.8) is 0 Å². The van der Waals surface area contributed by atoms with Gasteiger partial charge in [-0.25, -0.2) is 0 Å². The van der Waals surface area contributed by atoms with Crippen LogP contribution in [0.1, 0.15) is 65.8 Å². The maximum atomic E-state index is 13.3. The van der Waals surface area contributed by atoms with Crippen molar-refractivity contribution in [1.29, 1.82) is 0 Å². The van der Waals surface area contributed by atoms with Crippen LogP contribution in [0.15, 0.2) is 42.5 Å². The largest absolute Gasteiger partial charge is 0.377 e. The van der Waals surface area contributed by atoms with Crippen molar-refractivity contribution in [3.8, 4) is 11.1 Å². The maximum absolute atomic E-state index is 13.3. The summed E-state index contributed by atoms with van der Waals surface area (Å²) < 4.78 is 5.47. The van der Waals surface area contributed by atoms with Crippen LogP contribution in [-0.2, 0) is 11.2 Å². The highest BCUT2D eigenvalue weighted by atomic mass is 16.5. The second-order valence-corrected chi connectivity index (χ2v) is 10.4. The van der Waals surface area contributed by atoms with Crippen molar-refractivity contribution >= 4 is 11.8 Å². The summed E-state index contributed by atoms with van der Waals surface area (Å²) in [4.78, 5) is 30.4. The Bertz CT molecular complexity index is 1060. The van der Waals surface area contributed by atoms with Crippen molar-refractivity contribution in [2.75, 3.05) is 32.8 Å². The molecule has 2 amide bonds. The molecule has 1 atom stereocenters. The fourth-order valence-electron chi connectivity index (χ4n) is 5.52. The lowest BCUT2D eigenvalue weighted by atomic mass is 9.92. The summed E-state index contributed by atoms with van der Waals surface area (Å²) in [5.74, 6) is 0.0922. The van der Waals surface area contributed by atoms with Gasteiger partial charge in [0, 0.05) is 49.4 Å². The molecule has 2 aliphatic heterocycles. The summed E-state index contributed by atoms with van der Waals surface area (Å²) in [6, 6.07) is 15.0. The number of nitrogens with zero attached hydrogens (tertiary/aromatic N) is 2. The zero-order valence-corrected chi connectivity index (χ0v) is 21.0. The zero-order valence-electron chi connectivity index (χ0n) is 21.0. The van der Waals surface area contributed by atoms with Gasteiger partial charge in [0.05, 0.1) is 12.7 Å². The summed E-state index contributed by atoms with van der Waals surface area (Å²) in [5.41, 5.74) is 4.74. The van der Waals surface area contributed by atoms with E-state index in [0.29, 0.717) is 24.8 Å². The molecular formula is C29H37N3O3. The summed E-state index contributed by atoms with van der Waals surface area (Å²) >= 11 is 0. The Balaban J connectivity index is 1.21. The number of benzene rings is 2. The average Bonchev–Trinajstić information content (AvgIpc) is 3.29. The highest BCUT2D eigenvalue weighted by molar-refractivity contribution is 5.98. The molecule has 5 rings (SSSR count). The predicted octanol–water partition coefficient (Wildman–Crippen LogP) is 4.13. The van der Waals surface area contributed by atoms with Gasteiger partial charge in [-0.3, -0.25) is 14.5 Å². The van der Waals surface area contributed by atoms with E-state index in [-0.39, 0.29) is 17.9 Å². The number of carbonyl (C=O) groups excluding carboxylic acids is 2. The summed E-state index contributed by atoms with van der Waals surface area (Å²) in [7, 11) is 0. The van der Waals surface area contributed by atoms with Gasteiger partial charge in [-0.15, -0.1) is 0 Å². The number of amides is 2. The van der Waals surface area contributed by atoms with Gasteiger partial charge in [-0.1, -0.05) is 30.7 Å². The van der Waals surface area contributed by atoms with Crippen molar-refractivity contribution in [2.24, 2.45) is 0 Å². The van der Waals surface area contributed by atoms with Gasteiger partial charge >= 0.3 is 0 Å². The summed E-state index contributed by atoms with van der Waals surface area (Å²) in [6.45, 7) is 7.93. The minimum Gasteiger partial charge on any atom is -0.377 e. The van der Waals surface area contributed by atoms with Crippen LogP contribution in [0.2, 0.25) is 0 Å². The molecular weight excluding hydrogens is 438 g/mol. The minimum atomic E-state index is -0.0946. The molecule has 35 heavy (non-hydrogen) atoms. The van der Waals surface area contributed by atoms with E-state index in [1.165, 1.54) is 19.3 Å². The van der Waals surface area contributed by atoms with Crippen LogP contribution >= 0.6 is 0 Å². The molecule has 0 bridgehead atoms. The third-order valence-electron chi connectivity index (χ3n) is 7.76. The van der Waals surface area contributed by atoms with Crippen molar-refractivity contribution < 1.29 is 14.3 Å². The minimum absolute atomic E-state index is 0.0946. The maximum Gasteiger partial charge on any atom is 0.254 e. The Hall–Kier alpha value is -2.70. The first-order valence-corrected chi connectivity index (χ1v) is 13.2. The second kappa shape index (κ2) is 10.5. The average molecular weight is 476 g/mol.